The molecule has 0 aliphatic carbocycles. The molecule has 0 bridgehead atoms. The highest BCUT2D eigenvalue weighted by Crippen LogP contribution is 2.37. The zero-order valence-corrected chi connectivity index (χ0v) is 19.0. The number of amides is 2. The second kappa shape index (κ2) is 8.46. The van der Waals surface area contributed by atoms with Gasteiger partial charge < -0.3 is 15.0 Å². The van der Waals surface area contributed by atoms with Crippen LogP contribution in [0, 0.1) is 13.8 Å². The van der Waals surface area contributed by atoms with E-state index in [2.05, 4.69) is 16.5 Å². The molecule has 1 spiro atoms. The van der Waals surface area contributed by atoms with Gasteiger partial charge >= 0.3 is 0 Å². The van der Waals surface area contributed by atoms with Crippen LogP contribution in [0.5, 0.6) is 0 Å². The molecule has 2 aliphatic heterocycles. The number of likely N-dealkylation sites (tertiary alicyclic amines) is 1. The lowest BCUT2D eigenvalue weighted by molar-refractivity contribution is -0.0990. The second-order valence-corrected chi connectivity index (χ2v) is 8.97. The number of aryl methyl sites for hydroxylation is 3. The van der Waals surface area contributed by atoms with Gasteiger partial charge in [-0.3, -0.25) is 14.3 Å². The highest BCUT2D eigenvalue weighted by Gasteiger charge is 2.42. The first-order valence-corrected chi connectivity index (χ1v) is 11.2. The van der Waals surface area contributed by atoms with Gasteiger partial charge in [0.15, 0.2) is 5.69 Å². The molecule has 7 nitrogen and oxygen atoms in total. The van der Waals surface area contributed by atoms with Crippen LogP contribution in [0.15, 0.2) is 18.2 Å². The summed E-state index contributed by atoms with van der Waals surface area (Å²) < 4.78 is 8.17. The maximum atomic E-state index is 13.0. The van der Waals surface area contributed by atoms with E-state index in [1.807, 2.05) is 49.5 Å². The van der Waals surface area contributed by atoms with E-state index in [0.29, 0.717) is 31.9 Å². The minimum atomic E-state index is -0.294. The fourth-order valence-electron chi connectivity index (χ4n) is 4.78. The number of piperidine rings is 1. The van der Waals surface area contributed by atoms with Crippen LogP contribution < -0.4 is 5.32 Å². The third-order valence-electron chi connectivity index (χ3n) is 6.47. The average Bonchev–Trinajstić information content (AvgIpc) is 3.07. The zero-order chi connectivity index (χ0) is 22.2. The van der Waals surface area contributed by atoms with Gasteiger partial charge in [-0.05, 0) is 45.2 Å². The van der Waals surface area contributed by atoms with Gasteiger partial charge in [-0.15, -0.1) is 0 Å². The van der Waals surface area contributed by atoms with Crippen molar-refractivity contribution in [2.45, 2.75) is 58.7 Å². The van der Waals surface area contributed by atoms with Crippen LogP contribution in [0.2, 0.25) is 0 Å². The van der Waals surface area contributed by atoms with Crippen LogP contribution in [-0.2, 0) is 24.8 Å². The van der Waals surface area contributed by atoms with Gasteiger partial charge in [0.2, 0.25) is 0 Å². The minimum Gasteiger partial charge on any atom is -0.370 e. The summed E-state index contributed by atoms with van der Waals surface area (Å²) in [5.41, 5.74) is 5.12. The Kier molecular flexibility index (Phi) is 5.88. The van der Waals surface area contributed by atoms with Crippen molar-refractivity contribution in [3.8, 4) is 0 Å². The van der Waals surface area contributed by atoms with E-state index in [-0.39, 0.29) is 17.4 Å². The Morgan fingerprint density at radius 3 is 2.48 bits per heavy atom. The minimum absolute atomic E-state index is 0.0913. The smallest absolute Gasteiger partial charge is 0.272 e. The molecule has 2 aliphatic rings. The first-order valence-electron chi connectivity index (χ1n) is 11.2. The van der Waals surface area contributed by atoms with Crippen molar-refractivity contribution in [1.82, 2.24) is 20.0 Å². The van der Waals surface area contributed by atoms with E-state index in [9.17, 15) is 9.59 Å². The van der Waals surface area contributed by atoms with Gasteiger partial charge in [0, 0.05) is 49.9 Å². The van der Waals surface area contributed by atoms with Gasteiger partial charge in [-0.2, -0.15) is 5.10 Å². The summed E-state index contributed by atoms with van der Waals surface area (Å²) in [6.45, 7) is 8.44. The molecule has 1 N–H and O–H groups in total. The molecule has 2 amide bonds. The number of nitrogens with zero attached hydrogens (tertiary/aromatic N) is 3. The summed E-state index contributed by atoms with van der Waals surface area (Å²) in [4.78, 5) is 27.4. The van der Waals surface area contributed by atoms with Gasteiger partial charge in [-0.25, -0.2) is 0 Å². The molecule has 31 heavy (non-hydrogen) atoms. The van der Waals surface area contributed by atoms with E-state index in [1.54, 1.807) is 0 Å². The normalized spacial score (nSPS) is 17.5. The quantitative estimate of drug-likeness (QED) is 0.819. The van der Waals surface area contributed by atoms with E-state index < -0.39 is 0 Å². The molecule has 4 rings (SSSR count). The fraction of sp³-hybridized carbons (Fsp3) is 0.542. The Morgan fingerprint density at radius 2 is 1.84 bits per heavy atom. The lowest BCUT2D eigenvalue weighted by atomic mass is 9.83. The molecule has 1 saturated heterocycles. The van der Waals surface area contributed by atoms with Gasteiger partial charge in [0.25, 0.3) is 11.8 Å². The molecular weight excluding hydrogens is 392 g/mol. The number of carbonyl (C=O) groups is 2. The van der Waals surface area contributed by atoms with Crippen molar-refractivity contribution in [3.63, 3.8) is 0 Å². The van der Waals surface area contributed by atoms with E-state index in [4.69, 9.17) is 4.74 Å². The lowest BCUT2D eigenvalue weighted by Gasteiger charge is -2.44. The molecule has 0 atom stereocenters. The third kappa shape index (κ3) is 4.24. The van der Waals surface area contributed by atoms with E-state index in [1.165, 1.54) is 0 Å². The van der Waals surface area contributed by atoms with Gasteiger partial charge in [-0.1, -0.05) is 24.1 Å². The molecule has 0 radical (unpaired) electrons. The number of fused-ring (bicyclic) bond motifs is 1. The molecule has 1 aromatic heterocycles. The van der Waals surface area contributed by atoms with Crippen LogP contribution in [0.4, 0.5) is 0 Å². The van der Waals surface area contributed by atoms with Crippen molar-refractivity contribution >= 4 is 11.8 Å². The topological polar surface area (TPSA) is 76.5 Å². The summed E-state index contributed by atoms with van der Waals surface area (Å²) in [7, 11) is 1.90. The Balaban J connectivity index is 1.45. The predicted molar refractivity (Wildman–Crippen MR) is 118 cm³/mol. The largest absolute Gasteiger partial charge is 0.370 e. The first kappa shape index (κ1) is 21.6. The van der Waals surface area contributed by atoms with E-state index in [0.717, 1.165) is 53.6 Å². The number of benzene rings is 1. The Bertz CT molecular complexity index is 982. The number of hydrogen-bond acceptors (Lipinski definition) is 4. The van der Waals surface area contributed by atoms with Crippen LogP contribution in [-0.4, -0.2) is 51.7 Å². The van der Waals surface area contributed by atoms with Gasteiger partial charge in [0.05, 0.1) is 12.2 Å². The van der Waals surface area contributed by atoms with Crippen LogP contribution in [0.1, 0.15) is 69.4 Å². The number of nitrogens with one attached hydrogen (secondary N) is 1. The predicted octanol–water partition coefficient (Wildman–Crippen LogP) is 2.92. The molecule has 1 fully saturated rings. The standard InChI is InChI=1S/C24H32N4O3/c1-5-8-25-22(29)21-19-15-31-24(14-20(19)27(4)26-21)6-9-28(10-7-24)23(30)18-12-16(2)11-17(3)13-18/h11-13H,5-10,14-15H2,1-4H3,(H,25,29). The monoisotopic (exact) mass is 424 g/mol. The van der Waals surface area contributed by atoms with Crippen molar-refractivity contribution in [3.05, 3.63) is 51.8 Å². The fourth-order valence-corrected chi connectivity index (χ4v) is 4.78. The SMILES string of the molecule is CCCNC(=O)c1nn(C)c2c1COC1(CCN(C(=O)c3cc(C)cc(C)c3)CC1)C2. The zero-order valence-electron chi connectivity index (χ0n) is 19.0. The Morgan fingerprint density at radius 1 is 1.16 bits per heavy atom. The molecule has 1 aromatic carbocycles. The van der Waals surface area contributed by atoms with Crippen molar-refractivity contribution in [1.29, 1.82) is 0 Å². The summed E-state index contributed by atoms with van der Waals surface area (Å²) in [5, 5.41) is 7.39. The Hall–Kier alpha value is -2.67. The summed E-state index contributed by atoms with van der Waals surface area (Å²) in [6.07, 6.45) is 3.17. The summed E-state index contributed by atoms with van der Waals surface area (Å²) in [6, 6.07) is 6.01. The van der Waals surface area contributed by atoms with Crippen LogP contribution in [0.3, 0.4) is 0 Å². The number of ether oxygens (including phenoxy) is 1. The maximum absolute atomic E-state index is 13.0. The first-order chi connectivity index (χ1) is 14.8. The van der Waals surface area contributed by atoms with Crippen LogP contribution in [0.25, 0.3) is 0 Å². The van der Waals surface area contributed by atoms with E-state index >= 15 is 0 Å². The van der Waals surface area contributed by atoms with Crippen molar-refractivity contribution < 1.29 is 14.3 Å². The Labute approximate surface area is 183 Å². The third-order valence-corrected chi connectivity index (χ3v) is 6.47. The average molecular weight is 425 g/mol. The molecule has 0 saturated carbocycles. The highest BCUT2D eigenvalue weighted by molar-refractivity contribution is 5.95. The number of hydrogen-bond donors (Lipinski definition) is 1. The number of aromatic nitrogens is 2. The van der Waals surface area contributed by atoms with Crippen molar-refractivity contribution in [2.75, 3.05) is 19.6 Å². The second-order valence-electron chi connectivity index (χ2n) is 8.97. The molecule has 2 aromatic rings. The summed E-state index contributed by atoms with van der Waals surface area (Å²) >= 11 is 0. The molecular formula is C24H32N4O3. The number of rotatable bonds is 4. The molecule has 0 unspecified atom stereocenters. The van der Waals surface area contributed by atoms with Gasteiger partial charge in [0.1, 0.15) is 0 Å². The molecule has 166 valence electrons. The van der Waals surface area contributed by atoms with Crippen molar-refractivity contribution in [2.24, 2.45) is 7.05 Å². The van der Waals surface area contributed by atoms with Crippen LogP contribution >= 0.6 is 0 Å². The number of carbonyl (C=O) groups excluding carboxylic acids is 2. The molecule has 7 heteroatoms. The summed E-state index contributed by atoms with van der Waals surface area (Å²) in [5.74, 6) is -0.0410. The highest BCUT2D eigenvalue weighted by atomic mass is 16.5. The maximum Gasteiger partial charge on any atom is 0.272 e. The lowest BCUT2D eigenvalue weighted by Crippen LogP contribution is -2.50. The molecule has 3 heterocycles.